The van der Waals surface area contributed by atoms with E-state index in [0.29, 0.717) is 11.8 Å². The number of nitro benzene ring substituents is 1. The number of aryl methyl sites for hydroxylation is 1. The van der Waals surface area contributed by atoms with Gasteiger partial charge in [-0.25, -0.2) is 8.42 Å². The predicted octanol–water partition coefficient (Wildman–Crippen LogP) is 3.15. The molecule has 0 aromatic heterocycles. The van der Waals surface area contributed by atoms with Gasteiger partial charge in [-0.05, 0) is 43.2 Å². The number of nitro groups is 1. The van der Waals surface area contributed by atoms with Gasteiger partial charge < -0.3 is 0 Å². The number of hydrogen-bond donors (Lipinski definition) is 1. The average Bonchev–Trinajstić information content (AvgIpc) is 2.43. The number of halogens is 1. The Balaban J connectivity index is 2.45. The van der Waals surface area contributed by atoms with Gasteiger partial charge in [-0.15, -0.1) is 0 Å². The van der Waals surface area contributed by atoms with Gasteiger partial charge >= 0.3 is 5.69 Å². The predicted molar refractivity (Wildman–Crippen MR) is 79.8 cm³/mol. The van der Waals surface area contributed by atoms with Crippen molar-refractivity contribution in [3.05, 3.63) is 63.5 Å². The molecule has 2 aromatic carbocycles. The lowest BCUT2D eigenvalue weighted by Gasteiger charge is -2.12. The summed E-state index contributed by atoms with van der Waals surface area (Å²) in [6.07, 6.45) is 0. The van der Waals surface area contributed by atoms with Crippen molar-refractivity contribution in [1.29, 1.82) is 0 Å². The van der Waals surface area contributed by atoms with Crippen molar-refractivity contribution in [3.8, 4) is 0 Å². The second-order valence-electron chi connectivity index (χ2n) is 4.72. The van der Waals surface area contributed by atoms with E-state index >= 15 is 0 Å². The molecule has 6 nitrogen and oxygen atoms in total. The standard InChI is InChI=1S/C14H13FN2O4S/c1-9-4-3-5-13(10(9)2)16-22(20,21)11-6-7-12(15)14(8-11)17(18)19/h3-8,16H,1-2H3. The summed E-state index contributed by atoms with van der Waals surface area (Å²) in [5.41, 5.74) is 1.11. The van der Waals surface area contributed by atoms with Crippen LogP contribution in [-0.2, 0) is 10.0 Å². The number of anilines is 1. The van der Waals surface area contributed by atoms with E-state index in [4.69, 9.17) is 0 Å². The van der Waals surface area contributed by atoms with Crippen molar-refractivity contribution in [2.75, 3.05) is 4.72 Å². The number of rotatable bonds is 4. The van der Waals surface area contributed by atoms with Crippen LogP contribution in [0.3, 0.4) is 0 Å². The van der Waals surface area contributed by atoms with Gasteiger partial charge in [-0.3, -0.25) is 14.8 Å². The van der Waals surface area contributed by atoms with Gasteiger partial charge in [0, 0.05) is 6.07 Å². The molecule has 0 atom stereocenters. The average molecular weight is 324 g/mol. The van der Waals surface area contributed by atoms with Crippen LogP contribution >= 0.6 is 0 Å². The van der Waals surface area contributed by atoms with Gasteiger partial charge in [0.1, 0.15) is 0 Å². The second-order valence-corrected chi connectivity index (χ2v) is 6.41. The molecule has 1 N–H and O–H groups in total. The Morgan fingerprint density at radius 3 is 2.50 bits per heavy atom. The van der Waals surface area contributed by atoms with Gasteiger partial charge in [0.15, 0.2) is 0 Å². The maximum Gasteiger partial charge on any atom is 0.306 e. The number of sulfonamides is 1. The molecule has 0 bridgehead atoms. The molecule has 0 aliphatic rings. The molecule has 0 unspecified atom stereocenters. The lowest BCUT2D eigenvalue weighted by atomic mass is 10.1. The molecule has 22 heavy (non-hydrogen) atoms. The van der Waals surface area contributed by atoms with Crippen LogP contribution < -0.4 is 4.72 Å². The Kier molecular flexibility index (Phi) is 4.14. The highest BCUT2D eigenvalue weighted by Gasteiger charge is 2.22. The fraction of sp³-hybridized carbons (Fsp3) is 0.143. The lowest BCUT2D eigenvalue weighted by Crippen LogP contribution is -2.14. The first-order valence-corrected chi connectivity index (χ1v) is 7.73. The zero-order valence-electron chi connectivity index (χ0n) is 11.8. The Labute approximate surface area is 126 Å². The minimum atomic E-state index is -4.05. The first-order valence-electron chi connectivity index (χ1n) is 6.25. The SMILES string of the molecule is Cc1cccc(NS(=O)(=O)c2ccc(F)c([N+](=O)[O-])c2)c1C. The molecular weight excluding hydrogens is 311 g/mol. The van der Waals surface area contributed by atoms with Crippen LogP contribution in [0.25, 0.3) is 0 Å². The van der Waals surface area contributed by atoms with Gasteiger partial charge in [0.2, 0.25) is 5.82 Å². The summed E-state index contributed by atoms with van der Waals surface area (Å²) >= 11 is 0. The summed E-state index contributed by atoms with van der Waals surface area (Å²) in [6, 6.07) is 7.54. The van der Waals surface area contributed by atoms with Crippen LogP contribution in [0.1, 0.15) is 11.1 Å². The quantitative estimate of drug-likeness (QED) is 0.691. The lowest BCUT2D eigenvalue weighted by molar-refractivity contribution is -0.387. The van der Waals surface area contributed by atoms with Crippen molar-refractivity contribution in [2.24, 2.45) is 0 Å². The minimum absolute atomic E-state index is 0.368. The third-order valence-electron chi connectivity index (χ3n) is 3.27. The molecule has 0 saturated heterocycles. The van der Waals surface area contributed by atoms with Crippen LogP contribution in [0.15, 0.2) is 41.3 Å². The molecule has 0 spiro atoms. The van der Waals surface area contributed by atoms with Crippen LogP contribution in [0, 0.1) is 29.8 Å². The fourth-order valence-corrected chi connectivity index (χ4v) is 3.01. The maximum atomic E-state index is 13.3. The summed E-state index contributed by atoms with van der Waals surface area (Å²) in [7, 11) is -4.05. The van der Waals surface area contributed by atoms with Gasteiger partial charge in [-0.1, -0.05) is 12.1 Å². The topological polar surface area (TPSA) is 89.3 Å². The van der Waals surface area contributed by atoms with E-state index in [0.717, 1.165) is 23.3 Å². The Morgan fingerprint density at radius 2 is 1.86 bits per heavy atom. The van der Waals surface area contributed by atoms with Crippen LogP contribution in [0.2, 0.25) is 0 Å². The van der Waals surface area contributed by atoms with E-state index in [1.165, 1.54) is 0 Å². The molecule has 0 heterocycles. The summed E-state index contributed by atoms with van der Waals surface area (Å²) < 4.78 is 40.2. The van der Waals surface area contributed by atoms with E-state index in [1.54, 1.807) is 19.1 Å². The van der Waals surface area contributed by atoms with Crippen LogP contribution in [-0.4, -0.2) is 13.3 Å². The highest BCUT2D eigenvalue weighted by molar-refractivity contribution is 7.92. The van der Waals surface area contributed by atoms with Crippen molar-refractivity contribution in [1.82, 2.24) is 0 Å². The van der Waals surface area contributed by atoms with Gasteiger partial charge in [0.05, 0.1) is 15.5 Å². The minimum Gasteiger partial charge on any atom is -0.279 e. The monoisotopic (exact) mass is 324 g/mol. The third kappa shape index (κ3) is 3.06. The zero-order valence-corrected chi connectivity index (χ0v) is 12.6. The Bertz CT molecular complexity index is 850. The zero-order chi connectivity index (χ0) is 16.5. The van der Waals surface area contributed by atoms with E-state index in [9.17, 15) is 22.9 Å². The number of benzene rings is 2. The molecule has 0 fully saturated rings. The highest BCUT2D eigenvalue weighted by atomic mass is 32.2. The van der Waals surface area contributed by atoms with Crippen molar-refractivity contribution < 1.29 is 17.7 Å². The molecule has 0 aliphatic carbocycles. The molecule has 0 aliphatic heterocycles. The van der Waals surface area contributed by atoms with Crippen LogP contribution in [0.4, 0.5) is 15.8 Å². The fourth-order valence-electron chi connectivity index (χ4n) is 1.86. The smallest absolute Gasteiger partial charge is 0.279 e. The summed E-state index contributed by atoms with van der Waals surface area (Å²) in [6.45, 7) is 3.58. The summed E-state index contributed by atoms with van der Waals surface area (Å²) in [5.74, 6) is -1.09. The second kappa shape index (κ2) is 5.72. The highest BCUT2D eigenvalue weighted by Crippen LogP contribution is 2.25. The molecule has 116 valence electrons. The summed E-state index contributed by atoms with van der Waals surface area (Å²) in [4.78, 5) is 9.37. The number of nitrogens with one attached hydrogen (secondary N) is 1. The van der Waals surface area contributed by atoms with E-state index < -0.39 is 26.5 Å². The molecule has 0 amide bonds. The molecule has 0 saturated carbocycles. The van der Waals surface area contributed by atoms with Gasteiger partial charge in [0.25, 0.3) is 10.0 Å². The summed E-state index contributed by atoms with van der Waals surface area (Å²) in [5, 5.41) is 10.7. The van der Waals surface area contributed by atoms with Crippen molar-refractivity contribution in [3.63, 3.8) is 0 Å². The largest absolute Gasteiger partial charge is 0.306 e. The third-order valence-corrected chi connectivity index (χ3v) is 4.64. The number of nitrogens with zero attached hydrogens (tertiary/aromatic N) is 1. The first-order chi connectivity index (χ1) is 10.2. The molecule has 0 radical (unpaired) electrons. The van der Waals surface area contributed by atoms with Crippen molar-refractivity contribution in [2.45, 2.75) is 18.7 Å². The Morgan fingerprint density at radius 1 is 1.18 bits per heavy atom. The van der Waals surface area contributed by atoms with Crippen molar-refractivity contribution >= 4 is 21.4 Å². The van der Waals surface area contributed by atoms with E-state index in [-0.39, 0.29) is 4.90 Å². The normalized spacial score (nSPS) is 11.2. The molecule has 8 heteroatoms. The van der Waals surface area contributed by atoms with E-state index in [2.05, 4.69) is 4.72 Å². The maximum absolute atomic E-state index is 13.3. The molecule has 2 rings (SSSR count). The van der Waals surface area contributed by atoms with Crippen LogP contribution in [0.5, 0.6) is 0 Å². The Hall–Kier alpha value is -2.48. The molecule has 2 aromatic rings. The first kappa shape index (κ1) is 15.9. The van der Waals surface area contributed by atoms with E-state index in [1.807, 2.05) is 13.0 Å². The number of hydrogen-bond acceptors (Lipinski definition) is 4. The van der Waals surface area contributed by atoms with Gasteiger partial charge in [-0.2, -0.15) is 4.39 Å². The molecular formula is C14H13FN2O4S.